The standard InChI is InChI=1S/C26H27N5O5S.ClH/c1-37(34,35)31-25-15-24-22(16-28-25)21(26(33)30-27)14-23(29-24)19-6-4-17(5-7-19)18-8-10-20(11-9-18)36-13-3-2-12-32;/h4-11,14-16,32H,2-3,12-13,27H2,1H3,(H,28,31)(H,30,33);1H. The van der Waals surface area contributed by atoms with E-state index < -0.39 is 15.9 Å². The minimum atomic E-state index is -3.54. The van der Waals surface area contributed by atoms with E-state index in [1.807, 2.05) is 48.5 Å². The van der Waals surface area contributed by atoms with Crippen LogP contribution in [0.25, 0.3) is 33.3 Å². The number of fused-ring (bicyclic) bond motifs is 1. The van der Waals surface area contributed by atoms with Gasteiger partial charge in [-0.2, -0.15) is 0 Å². The number of hydrogen-bond donors (Lipinski definition) is 4. The molecule has 1 amide bonds. The van der Waals surface area contributed by atoms with Crippen molar-refractivity contribution in [2.75, 3.05) is 24.2 Å². The largest absolute Gasteiger partial charge is 0.494 e. The number of nitrogens with two attached hydrogens (primary N) is 1. The number of nitrogens with one attached hydrogen (secondary N) is 2. The number of carbonyl (C=O) groups excluding carboxylic acids is 1. The van der Waals surface area contributed by atoms with Gasteiger partial charge in [0.15, 0.2) is 0 Å². The molecule has 0 aliphatic rings. The number of rotatable bonds is 10. The molecule has 12 heteroatoms. The first-order valence-corrected chi connectivity index (χ1v) is 13.4. The average molecular weight is 558 g/mol. The monoisotopic (exact) mass is 557 g/mol. The number of benzene rings is 2. The molecule has 4 rings (SSSR count). The zero-order chi connectivity index (χ0) is 26.4. The van der Waals surface area contributed by atoms with Crippen molar-refractivity contribution in [3.05, 3.63) is 72.4 Å². The normalized spacial score (nSPS) is 11.0. The maximum atomic E-state index is 12.5. The third kappa shape index (κ3) is 7.17. The second-order valence-corrected chi connectivity index (χ2v) is 10.1. The molecule has 200 valence electrons. The summed E-state index contributed by atoms with van der Waals surface area (Å²) in [5, 5.41) is 9.29. The lowest BCUT2D eigenvalue weighted by Gasteiger charge is -2.11. The van der Waals surface area contributed by atoms with Gasteiger partial charge in [-0.05, 0) is 42.2 Å². The van der Waals surface area contributed by atoms with Crippen LogP contribution in [0.2, 0.25) is 0 Å². The summed E-state index contributed by atoms with van der Waals surface area (Å²) >= 11 is 0. The second kappa shape index (κ2) is 12.7. The van der Waals surface area contributed by atoms with E-state index in [1.54, 1.807) is 6.07 Å². The Labute approximate surface area is 226 Å². The van der Waals surface area contributed by atoms with Crippen molar-refractivity contribution in [1.29, 1.82) is 0 Å². The predicted molar refractivity (Wildman–Crippen MR) is 150 cm³/mol. The second-order valence-electron chi connectivity index (χ2n) is 8.37. The Hall–Kier alpha value is -3.77. The number of amides is 1. The van der Waals surface area contributed by atoms with Gasteiger partial charge in [0, 0.05) is 29.8 Å². The molecule has 2 aromatic heterocycles. The topological polar surface area (TPSA) is 157 Å². The van der Waals surface area contributed by atoms with Crippen LogP contribution in [0.4, 0.5) is 5.82 Å². The van der Waals surface area contributed by atoms with E-state index in [0.717, 1.165) is 35.1 Å². The average Bonchev–Trinajstić information content (AvgIpc) is 2.89. The van der Waals surface area contributed by atoms with Crippen LogP contribution in [0.15, 0.2) is 66.9 Å². The number of unbranched alkanes of at least 4 members (excludes halogenated alkanes) is 1. The van der Waals surface area contributed by atoms with Gasteiger partial charge in [-0.15, -0.1) is 12.4 Å². The highest BCUT2D eigenvalue weighted by molar-refractivity contribution is 7.92. The fourth-order valence-electron chi connectivity index (χ4n) is 3.76. The van der Waals surface area contributed by atoms with Crippen LogP contribution < -0.4 is 20.7 Å². The summed E-state index contributed by atoms with van der Waals surface area (Å²) in [4.78, 5) is 21.2. The van der Waals surface area contributed by atoms with Crippen molar-refractivity contribution in [2.45, 2.75) is 12.8 Å². The number of sulfonamides is 1. The van der Waals surface area contributed by atoms with E-state index in [4.69, 9.17) is 15.7 Å². The van der Waals surface area contributed by atoms with Crippen LogP contribution in [-0.4, -0.2) is 48.9 Å². The molecule has 0 fully saturated rings. The Bertz CT molecular complexity index is 1510. The lowest BCUT2D eigenvalue weighted by molar-refractivity contribution is 0.0955. The molecule has 0 bridgehead atoms. The molecule has 10 nitrogen and oxygen atoms in total. The lowest BCUT2D eigenvalue weighted by Crippen LogP contribution is -2.30. The van der Waals surface area contributed by atoms with Crippen molar-refractivity contribution in [3.63, 3.8) is 0 Å². The number of nitrogens with zero attached hydrogens (tertiary/aromatic N) is 2. The Morgan fingerprint density at radius 1 is 1.00 bits per heavy atom. The number of pyridine rings is 2. The third-order valence-corrected chi connectivity index (χ3v) is 6.13. The predicted octanol–water partition coefficient (Wildman–Crippen LogP) is 3.51. The number of aliphatic hydroxyl groups is 1. The highest BCUT2D eigenvalue weighted by Crippen LogP contribution is 2.29. The van der Waals surface area contributed by atoms with E-state index in [2.05, 4.69) is 20.1 Å². The molecule has 2 heterocycles. The van der Waals surface area contributed by atoms with E-state index in [9.17, 15) is 13.2 Å². The highest BCUT2D eigenvalue weighted by atomic mass is 35.5. The Balaban J connectivity index is 0.00000400. The SMILES string of the molecule is CS(=O)(=O)Nc1cc2nc(-c3ccc(-c4ccc(OCCCCO)cc4)cc3)cc(C(=O)NN)c2cn1.Cl. The number of ether oxygens (including phenoxy) is 1. The molecule has 0 unspecified atom stereocenters. The van der Waals surface area contributed by atoms with E-state index in [1.165, 1.54) is 12.3 Å². The summed E-state index contributed by atoms with van der Waals surface area (Å²) in [7, 11) is -3.54. The molecular formula is C26H28ClN5O5S. The van der Waals surface area contributed by atoms with Gasteiger partial charge in [-0.25, -0.2) is 24.2 Å². The van der Waals surface area contributed by atoms with Crippen LogP contribution in [-0.2, 0) is 10.0 Å². The summed E-state index contributed by atoms with van der Waals surface area (Å²) in [6, 6.07) is 18.5. The molecule has 0 saturated heterocycles. The quantitative estimate of drug-likeness (QED) is 0.0998. The highest BCUT2D eigenvalue weighted by Gasteiger charge is 2.15. The summed E-state index contributed by atoms with van der Waals surface area (Å²) in [5.41, 5.74) is 6.05. The van der Waals surface area contributed by atoms with Crippen LogP contribution in [0.5, 0.6) is 5.75 Å². The molecule has 4 aromatic rings. The Kier molecular flexibility index (Phi) is 9.59. The molecule has 0 atom stereocenters. The van der Waals surface area contributed by atoms with Crippen LogP contribution in [0.3, 0.4) is 0 Å². The number of aliphatic hydroxyl groups excluding tert-OH is 1. The van der Waals surface area contributed by atoms with Crippen LogP contribution in [0, 0.1) is 0 Å². The van der Waals surface area contributed by atoms with Gasteiger partial charge in [-0.1, -0.05) is 36.4 Å². The van der Waals surface area contributed by atoms with Crippen molar-refractivity contribution in [1.82, 2.24) is 15.4 Å². The third-order valence-electron chi connectivity index (χ3n) is 5.55. The molecule has 5 N–H and O–H groups in total. The molecule has 0 saturated carbocycles. The molecule has 0 aliphatic heterocycles. The van der Waals surface area contributed by atoms with Crippen LogP contribution in [0.1, 0.15) is 23.2 Å². The van der Waals surface area contributed by atoms with Gasteiger partial charge in [-0.3, -0.25) is 14.9 Å². The first-order chi connectivity index (χ1) is 17.8. The van der Waals surface area contributed by atoms with Gasteiger partial charge in [0.05, 0.1) is 29.6 Å². The molecular weight excluding hydrogens is 530 g/mol. The first-order valence-electron chi connectivity index (χ1n) is 11.5. The maximum Gasteiger partial charge on any atom is 0.265 e. The molecule has 0 radical (unpaired) electrons. The summed E-state index contributed by atoms with van der Waals surface area (Å²) in [5.74, 6) is 5.72. The molecule has 0 spiro atoms. The fourth-order valence-corrected chi connectivity index (χ4v) is 4.25. The van der Waals surface area contributed by atoms with Gasteiger partial charge in [0.2, 0.25) is 10.0 Å². The molecule has 2 aromatic carbocycles. The molecule has 38 heavy (non-hydrogen) atoms. The van der Waals surface area contributed by atoms with E-state index >= 15 is 0 Å². The van der Waals surface area contributed by atoms with Gasteiger partial charge < -0.3 is 9.84 Å². The van der Waals surface area contributed by atoms with E-state index in [0.29, 0.717) is 29.6 Å². The Morgan fingerprint density at radius 2 is 1.63 bits per heavy atom. The number of nitrogen functional groups attached to an aromatic ring is 1. The zero-order valence-electron chi connectivity index (χ0n) is 20.5. The number of halogens is 1. The summed E-state index contributed by atoms with van der Waals surface area (Å²) in [6.07, 6.45) is 3.92. The number of carbonyl (C=O) groups is 1. The van der Waals surface area contributed by atoms with Gasteiger partial charge in [0.1, 0.15) is 11.6 Å². The van der Waals surface area contributed by atoms with Gasteiger partial charge >= 0.3 is 0 Å². The van der Waals surface area contributed by atoms with Crippen molar-refractivity contribution in [3.8, 4) is 28.1 Å². The number of hydrogen-bond acceptors (Lipinski definition) is 8. The zero-order valence-corrected chi connectivity index (χ0v) is 22.2. The number of hydrazine groups is 1. The number of anilines is 1. The minimum Gasteiger partial charge on any atom is -0.494 e. The molecule has 0 aliphatic carbocycles. The van der Waals surface area contributed by atoms with Crippen molar-refractivity contribution in [2.24, 2.45) is 5.84 Å². The lowest BCUT2D eigenvalue weighted by atomic mass is 10.0. The maximum absolute atomic E-state index is 12.5. The number of aromatic nitrogens is 2. The van der Waals surface area contributed by atoms with Crippen LogP contribution >= 0.6 is 12.4 Å². The van der Waals surface area contributed by atoms with Crippen molar-refractivity contribution < 1.29 is 23.1 Å². The Morgan fingerprint density at radius 3 is 2.24 bits per heavy atom. The first kappa shape index (κ1) is 28.8. The van der Waals surface area contributed by atoms with Gasteiger partial charge in [0.25, 0.3) is 5.91 Å². The smallest absolute Gasteiger partial charge is 0.265 e. The summed E-state index contributed by atoms with van der Waals surface area (Å²) < 4.78 is 31.2. The summed E-state index contributed by atoms with van der Waals surface area (Å²) in [6.45, 7) is 0.715. The fraction of sp³-hybridized carbons (Fsp3) is 0.192. The van der Waals surface area contributed by atoms with E-state index in [-0.39, 0.29) is 30.4 Å². The van der Waals surface area contributed by atoms with Crippen molar-refractivity contribution >= 4 is 45.1 Å². The minimum absolute atomic E-state index is 0.